The van der Waals surface area contributed by atoms with Gasteiger partial charge in [-0.1, -0.05) is 36.4 Å². The molecule has 0 atom stereocenters. The third-order valence-corrected chi connectivity index (χ3v) is 5.13. The third-order valence-electron chi connectivity index (χ3n) is 5.13. The summed E-state index contributed by atoms with van der Waals surface area (Å²) >= 11 is 0. The standard InChI is InChI=1S/C24H26N4O/c1-4-6-19-15-23(28(22(19)5-2)21-9-7-18(3)8-10-21)20-16-25-24(26-17-20)27-11-13-29-14-12-27/h4-10,15-17H,2,11-14H2,1,3H3/b6-4-. The van der Waals surface area contributed by atoms with Gasteiger partial charge in [0.2, 0.25) is 5.95 Å². The first-order valence-electron chi connectivity index (χ1n) is 9.94. The van der Waals surface area contributed by atoms with Crippen LogP contribution in [-0.4, -0.2) is 40.8 Å². The minimum atomic E-state index is 0.719. The van der Waals surface area contributed by atoms with Crippen LogP contribution in [0.15, 0.2) is 55.4 Å². The number of aromatic nitrogens is 3. The molecule has 5 heteroatoms. The SMILES string of the molecule is C=Cc1c(/C=C\C)cc(-c2cnc(N3CCOCC3)nc2)n1-c1ccc(C)cc1. The van der Waals surface area contributed by atoms with E-state index >= 15 is 0 Å². The molecule has 0 unspecified atom stereocenters. The van der Waals surface area contributed by atoms with Crippen molar-refractivity contribution in [2.24, 2.45) is 0 Å². The molecular formula is C24H26N4O. The zero-order valence-electron chi connectivity index (χ0n) is 17.0. The summed E-state index contributed by atoms with van der Waals surface area (Å²) in [6, 6.07) is 10.7. The number of benzene rings is 1. The molecule has 148 valence electrons. The lowest BCUT2D eigenvalue weighted by Crippen LogP contribution is -2.37. The Bertz CT molecular complexity index is 1010. The molecule has 29 heavy (non-hydrogen) atoms. The summed E-state index contributed by atoms with van der Waals surface area (Å²) in [4.78, 5) is 11.4. The van der Waals surface area contributed by atoms with Gasteiger partial charge in [-0.2, -0.15) is 0 Å². The second-order valence-electron chi connectivity index (χ2n) is 7.12. The Morgan fingerprint density at radius 2 is 1.76 bits per heavy atom. The first-order chi connectivity index (χ1) is 14.2. The van der Waals surface area contributed by atoms with Gasteiger partial charge in [0.15, 0.2) is 0 Å². The third kappa shape index (κ3) is 3.87. The molecule has 0 amide bonds. The van der Waals surface area contributed by atoms with Crippen LogP contribution in [0.2, 0.25) is 0 Å². The zero-order chi connectivity index (χ0) is 20.2. The molecule has 1 fully saturated rings. The largest absolute Gasteiger partial charge is 0.378 e. The van der Waals surface area contributed by atoms with Crippen LogP contribution in [0.4, 0.5) is 5.95 Å². The maximum atomic E-state index is 5.42. The van der Waals surface area contributed by atoms with Crippen molar-refractivity contribution in [1.82, 2.24) is 14.5 Å². The van der Waals surface area contributed by atoms with Gasteiger partial charge in [-0.05, 0) is 38.1 Å². The van der Waals surface area contributed by atoms with Crippen LogP contribution in [0.25, 0.3) is 29.1 Å². The van der Waals surface area contributed by atoms with Gasteiger partial charge in [-0.25, -0.2) is 9.97 Å². The fourth-order valence-electron chi connectivity index (χ4n) is 3.63. The van der Waals surface area contributed by atoms with E-state index in [0.29, 0.717) is 0 Å². The van der Waals surface area contributed by atoms with E-state index < -0.39 is 0 Å². The molecule has 0 radical (unpaired) electrons. The van der Waals surface area contributed by atoms with E-state index in [4.69, 9.17) is 4.74 Å². The molecule has 1 aliphatic heterocycles. The first-order valence-corrected chi connectivity index (χ1v) is 9.94. The van der Waals surface area contributed by atoms with E-state index in [1.165, 1.54) is 5.56 Å². The fourth-order valence-corrected chi connectivity index (χ4v) is 3.63. The van der Waals surface area contributed by atoms with Crippen LogP contribution in [-0.2, 0) is 4.74 Å². The summed E-state index contributed by atoms with van der Waals surface area (Å²) in [5, 5.41) is 0. The van der Waals surface area contributed by atoms with Crippen molar-refractivity contribution in [2.45, 2.75) is 13.8 Å². The molecule has 0 bridgehead atoms. The Kier molecular flexibility index (Phi) is 5.58. The average Bonchev–Trinajstić information content (AvgIpc) is 3.13. The molecule has 1 saturated heterocycles. The minimum Gasteiger partial charge on any atom is -0.378 e. The van der Waals surface area contributed by atoms with Crippen molar-refractivity contribution >= 4 is 18.1 Å². The maximum Gasteiger partial charge on any atom is 0.225 e. The summed E-state index contributed by atoms with van der Waals surface area (Å²) < 4.78 is 7.64. The fraction of sp³-hybridized carbons (Fsp3) is 0.250. The number of aryl methyl sites for hydroxylation is 1. The summed E-state index contributed by atoms with van der Waals surface area (Å²) in [5.41, 5.74) is 6.52. The number of hydrogen-bond acceptors (Lipinski definition) is 4. The van der Waals surface area contributed by atoms with E-state index in [2.05, 4.69) is 69.3 Å². The van der Waals surface area contributed by atoms with Gasteiger partial charge in [0.25, 0.3) is 0 Å². The van der Waals surface area contributed by atoms with Gasteiger partial charge in [0.05, 0.1) is 24.6 Å². The smallest absolute Gasteiger partial charge is 0.225 e. The Balaban J connectivity index is 1.80. The van der Waals surface area contributed by atoms with Crippen molar-refractivity contribution in [1.29, 1.82) is 0 Å². The molecule has 0 spiro atoms. The lowest BCUT2D eigenvalue weighted by molar-refractivity contribution is 0.122. The van der Waals surface area contributed by atoms with Crippen molar-refractivity contribution in [3.63, 3.8) is 0 Å². The highest BCUT2D eigenvalue weighted by Gasteiger charge is 2.17. The molecule has 0 saturated carbocycles. The van der Waals surface area contributed by atoms with E-state index in [0.717, 1.165) is 60.5 Å². The van der Waals surface area contributed by atoms with E-state index in [1.807, 2.05) is 31.5 Å². The van der Waals surface area contributed by atoms with E-state index in [-0.39, 0.29) is 0 Å². The van der Waals surface area contributed by atoms with Gasteiger partial charge in [0, 0.05) is 42.3 Å². The van der Waals surface area contributed by atoms with Crippen LogP contribution in [0.5, 0.6) is 0 Å². The highest BCUT2D eigenvalue weighted by Crippen LogP contribution is 2.31. The summed E-state index contributed by atoms with van der Waals surface area (Å²) in [6.07, 6.45) is 9.87. The molecule has 0 N–H and O–H groups in total. The first kappa shape index (κ1) is 19.2. The molecule has 3 aromatic rings. The maximum absolute atomic E-state index is 5.42. The molecule has 4 rings (SSSR count). The van der Waals surface area contributed by atoms with Gasteiger partial charge in [-0.3, -0.25) is 0 Å². The Labute approximate surface area is 172 Å². The number of nitrogens with zero attached hydrogens (tertiary/aromatic N) is 4. The summed E-state index contributed by atoms with van der Waals surface area (Å²) in [7, 11) is 0. The number of rotatable bonds is 5. The number of anilines is 1. The zero-order valence-corrected chi connectivity index (χ0v) is 17.0. The number of morpholine rings is 1. The number of hydrogen-bond donors (Lipinski definition) is 0. The minimum absolute atomic E-state index is 0.719. The number of ether oxygens (including phenoxy) is 1. The number of allylic oxidation sites excluding steroid dienone is 1. The van der Waals surface area contributed by atoms with Crippen LogP contribution < -0.4 is 4.90 Å². The van der Waals surface area contributed by atoms with Gasteiger partial charge < -0.3 is 14.2 Å². The van der Waals surface area contributed by atoms with Crippen LogP contribution in [0.1, 0.15) is 23.7 Å². The van der Waals surface area contributed by atoms with Gasteiger partial charge >= 0.3 is 0 Å². The monoisotopic (exact) mass is 386 g/mol. The second-order valence-corrected chi connectivity index (χ2v) is 7.12. The van der Waals surface area contributed by atoms with E-state index in [1.54, 1.807) is 0 Å². The highest BCUT2D eigenvalue weighted by atomic mass is 16.5. The lowest BCUT2D eigenvalue weighted by atomic mass is 10.2. The quantitative estimate of drug-likeness (QED) is 0.634. The van der Waals surface area contributed by atoms with Gasteiger partial charge in [-0.15, -0.1) is 0 Å². The van der Waals surface area contributed by atoms with Crippen molar-refractivity contribution in [3.8, 4) is 16.9 Å². The second kappa shape index (κ2) is 8.45. The summed E-state index contributed by atoms with van der Waals surface area (Å²) in [5.74, 6) is 0.753. The van der Waals surface area contributed by atoms with Crippen LogP contribution in [0, 0.1) is 6.92 Å². The topological polar surface area (TPSA) is 43.2 Å². The predicted molar refractivity (Wildman–Crippen MR) is 119 cm³/mol. The molecule has 1 aliphatic rings. The predicted octanol–water partition coefficient (Wildman–Crippen LogP) is 4.76. The molecule has 1 aromatic carbocycles. The molecule has 5 nitrogen and oxygen atoms in total. The van der Waals surface area contributed by atoms with Crippen LogP contribution in [0.3, 0.4) is 0 Å². The molecular weight excluding hydrogens is 360 g/mol. The van der Waals surface area contributed by atoms with Gasteiger partial charge in [0.1, 0.15) is 0 Å². The highest BCUT2D eigenvalue weighted by molar-refractivity contribution is 5.75. The molecule has 2 aromatic heterocycles. The Hall–Kier alpha value is -3.18. The van der Waals surface area contributed by atoms with Crippen molar-refractivity contribution in [3.05, 3.63) is 72.2 Å². The van der Waals surface area contributed by atoms with Crippen LogP contribution >= 0.6 is 0 Å². The average molecular weight is 386 g/mol. The Morgan fingerprint density at radius 3 is 2.38 bits per heavy atom. The summed E-state index contributed by atoms with van der Waals surface area (Å²) in [6.45, 7) is 11.3. The van der Waals surface area contributed by atoms with Crippen molar-refractivity contribution in [2.75, 3.05) is 31.2 Å². The molecule has 0 aliphatic carbocycles. The van der Waals surface area contributed by atoms with E-state index in [9.17, 15) is 0 Å². The van der Waals surface area contributed by atoms with Crippen molar-refractivity contribution < 1.29 is 4.74 Å². The lowest BCUT2D eigenvalue weighted by Gasteiger charge is -2.26. The Morgan fingerprint density at radius 1 is 1.07 bits per heavy atom. The normalized spacial score (nSPS) is 14.5. The molecule has 3 heterocycles.